The van der Waals surface area contributed by atoms with Gasteiger partial charge in [-0.2, -0.15) is 13.2 Å². The van der Waals surface area contributed by atoms with Crippen LogP contribution in [-0.4, -0.2) is 12.5 Å². The number of amides is 1. The molecule has 0 aliphatic carbocycles. The van der Waals surface area contributed by atoms with E-state index in [1.165, 1.54) is 12.1 Å². The number of nitrogens with one attached hydrogen (secondary N) is 1. The zero-order valence-corrected chi connectivity index (χ0v) is 16.6. The van der Waals surface area contributed by atoms with Crippen molar-refractivity contribution in [2.45, 2.75) is 12.2 Å². The first kappa shape index (κ1) is 20.9. The molecular weight excluding hydrogens is 401 g/mol. The first-order valence-electron chi connectivity index (χ1n) is 9.88. The summed E-state index contributed by atoms with van der Waals surface area (Å²) < 4.78 is 38.9. The van der Waals surface area contributed by atoms with Crippen LogP contribution >= 0.6 is 0 Å². The van der Waals surface area contributed by atoms with Gasteiger partial charge in [0.2, 0.25) is 5.91 Å². The van der Waals surface area contributed by atoms with E-state index in [0.717, 1.165) is 12.1 Å². The van der Waals surface area contributed by atoms with Crippen molar-refractivity contribution >= 4 is 17.3 Å². The van der Waals surface area contributed by atoms with Crippen LogP contribution in [0.4, 0.5) is 24.5 Å². The Bertz CT molecular complexity index is 1020. The average Bonchev–Trinajstić information content (AvgIpc) is 3.16. The van der Waals surface area contributed by atoms with Crippen LogP contribution in [0.5, 0.6) is 0 Å². The molecule has 1 aliphatic rings. The molecule has 0 bridgehead atoms. The molecule has 6 heteroatoms. The molecule has 0 radical (unpaired) electrons. The zero-order valence-electron chi connectivity index (χ0n) is 16.6. The van der Waals surface area contributed by atoms with Gasteiger partial charge in [0.15, 0.2) is 0 Å². The normalized spacial score (nSPS) is 18.7. The molecule has 0 aromatic heterocycles. The lowest BCUT2D eigenvalue weighted by Crippen LogP contribution is -2.35. The van der Waals surface area contributed by atoms with Crippen molar-refractivity contribution in [1.82, 2.24) is 5.32 Å². The fourth-order valence-corrected chi connectivity index (χ4v) is 3.91. The number of carbonyl (C=O) groups excluding carboxylic acids is 1. The second-order valence-electron chi connectivity index (χ2n) is 7.46. The smallest absolute Gasteiger partial charge is 0.305 e. The molecule has 1 amide bonds. The Labute approximate surface area is 178 Å². The number of hydrogen-bond donors (Lipinski definition) is 1. The van der Waals surface area contributed by atoms with E-state index >= 15 is 0 Å². The van der Waals surface area contributed by atoms with Gasteiger partial charge in [0.25, 0.3) is 0 Å². The molecule has 0 spiro atoms. The molecule has 3 nitrogen and oxygen atoms in total. The standard InChI is InChI=1S/C25H21F3N2O/c1-17-16-29-23(18-12-14-19(15-13-18)25(26,27)28)22(17)24(31)30(20-8-4-2-5-9-20)21-10-6-3-7-11-21/h2-15,22-23,29H,1,16H2/t22-,23+/m1/s1. The van der Waals surface area contributed by atoms with Crippen LogP contribution in [0.15, 0.2) is 97.1 Å². The molecule has 3 aromatic carbocycles. The van der Waals surface area contributed by atoms with E-state index in [0.29, 0.717) is 29.1 Å². The van der Waals surface area contributed by atoms with Crippen molar-refractivity contribution in [3.05, 3.63) is 108 Å². The first-order valence-corrected chi connectivity index (χ1v) is 9.88. The number of rotatable bonds is 4. The Hall–Kier alpha value is -3.38. The zero-order chi connectivity index (χ0) is 22.0. The highest BCUT2D eigenvalue weighted by Crippen LogP contribution is 2.38. The van der Waals surface area contributed by atoms with Gasteiger partial charge in [-0.05, 0) is 47.5 Å². The highest BCUT2D eigenvalue weighted by Gasteiger charge is 2.40. The second kappa shape index (κ2) is 8.40. The van der Waals surface area contributed by atoms with Crippen LogP contribution in [0.3, 0.4) is 0 Å². The lowest BCUT2D eigenvalue weighted by Gasteiger charge is -2.29. The highest BCUT2D eigenvalue weighted by atomic mass is 19.4. The number of alkyl halides is 3. The predicted molar refractivity (Wildman–Crippen MR) is 115 cm³/mol. The number of anilines is 2. The molecule has 4 rings (SSSR count). The van der Waals surface area contributed by atoms with Crippen LogP contribution in [0.2, 0.25) is 0 Å². The van der Waals surface area contributed by atoms with Gasteiger partial charge in [-0.15, -0.1) is 0 Å². The number of hydrogen-bond acceptors (Lipinski definition) is 2. The lowest BCUT2D eigenvalue weighted by atomic mass is 9.89. The Morgan fingerprint density at radius 1 is 0.871 bits per heavy atom. The summed E-state index contributed by atoms with van der Waals surface area (Å²) in [4.78, 5) is 15.5. The number of benzene rings is 3. The third-order valence-corrected chi connectivity index (χ3v) is 5.43. The summed E-state index contributed by atoms with van der Waals surface area (Å²) >= 11 is 0. The molecule has 1 heterocycles. The minimum absolute atomic E-state index is 0.183. The molecular formula is C25H21F3N2O. The van der Waals surface area contributed by atoms with Crippen molar-refractivity contribution < 1.29 is 18.0 Å². The summed E-state index contributed by atoms with van der Waals surface area (Å²) in [5.41, 5.74) is 2.03. The third kappa shape index (κ3) is 4.25. The van der Waals surface area contributed by atoms with Crippen LogP contribution in [0.25, 0.3) is 0 Å². The monoisotopic (exact) mass is 422 g/mol. The van der Waals surface area contributed by atoms with Crippen molar-refractivity contribution in [2.24, 2.45) is 5.92 Å². The Morgan fingerprint density at radius 3 is 1.87 bits per heavy atom. The summed E-state index contributed by atoms with van der Waals surface area (Å²) in [6.07, 6.45) is -4.40. The molecule has 1 saturated heterocycles. The van der Waals surface area contributed by atoms with Gasteiger partial charge in [0.1, 0.15) is 0 Å². The van der Waals surface area contributed by atoms with Crippen LogP contribution in [0.1, 0.15) is 17.2 Å². The molecule has 0 unspecified atom stereocenters. The van der Waals surface area contributed by atoms with Crippen molar-refractivity contribution in [3.8, 4) is 0 Å². The number of para-hydroxylation sites is 2. The fourth-order valence-electron chi connectivity index (χ4n) is 3.91. The van der Waals surface area contributed by atoms with E-state index in [1.54, 1.807) is 4.90 Å². The largest absolute Gasteiger partial charge is 0.416 e. The van der Waals surface area contributed by atoms with E-state index < -0.39 is 23.7 Å². The number of carbonyl (C=O) groups is 1. The summed E-state index contributed by atoms with van der Waals surface area (Å²) in [5, 5.41) is 3.24. The molecule has 1 aliphatic heterocycles. The van der Waals surface area contributed by atoms with E-state index in [1.807, 2.05) is 60.7 Å². The Balaban J connectivity index is 1.71. The second-order valence-corrected chi connectivity index (χ2v) is 7.46. The van der Waals surface area contributed by atoms with Crippen LogP contribution in [0, 0.1) is 5.92 Å². The molecule has 1 N–H and O–H groups in total. The molecule has 158 valence electrons. The van der Waals surface area contributed by atoms with Gasteiger partial charge in [-0.3, -0.25) is 9.69 Å². The predicted octanol–water partition coefficient (Wildman–Crippen LogP) is 5.89. The highest BCUT2D eigenvalue weighted by molar-refractivity contribution is 6.03. The minimum Gasteiger partial charge on any atom is -0.305 e. The van der Waals surface area contributed by atoms with E-state index in [2.05, 4.69) is 11.9 Å². The van der Waals surface area contributed by atoms with E-state index in [-0.39, 0.29) is 5.91 Å². The van der Waals surface area contributed by atoms with E-state index in [9.17, 15) is 18.0 Å². The van der Waals surface area contributed by atoms with Gasteiger partial charge in [0, 0.05) is 24.0 Å². The van der Waals surface area contributed by atoms with Gasteiger partial charge < -0.3 is 5.32 Å². The topological polar surface area (TPSA) is 32.3 Å². The quantitative estimate of drug-likeness (QED) is 0.532. The maximum Gasteiger partial charge on any atom is 0.416 e. The molecule has 0 saturated carbocycles. The van der Waals surface area contributed by atoms with Gasteiger partial charge in [-0.1, -0.05) is 55.1 Å². The first-order chi connectivity index (χ1) is 14.9. The van der Waals surface area contributed by atoms with Crippen LogP contribution < -0.4 is 10.2 Å². The molecule has 3 aromatic rings. The summed E-state index contributed by atoms with van der Waals surface area (Å²) in [5.74, 6) is -0.797. The average molecular weight is 422 g/mol. The number of halogens is 3. The third-order valence-electron chi connectivity index (χ3n) is 5.43. The maximum atomic E-state index is 13.8. The van der Waals surface area contributed by atoms with E-state index in [4.69, 9.17) is 0 Å². The summed E-state index contributed by atoms with van der Waals surface area (Å²) in [7, 11) is 0. The van der Waals surface area contributed by atoms with Crippen molar-refractivity contribution in [2.75, 3.05) is 11.4 Å². The SMILES string of the molecule is C=C1CN[C@@H](c2ccc(C(F)(F)F)cc2)[C@@H]1C(=O)N(c1ccccc1)c1ccccc1. The van der Waals surface area contributed by atoms with Gasteiger partial charge >= 0.3 is 6.18 Å². The maximum absolute atomic E-state index is 13.8. The Morgan fingerprint density at radius 2 is 1.39 bits per heavy atom. The lowest BCUT2D eigenvalue weighted by molar-refractivity contribution is -0.137. The molecule has 2 atom stereocenters. The summed E-state index contributed by atoms with van der Waals surface area (Å²) in [6, 6.07) is 23.1. The van der Waals surface area contributed by atoms with Crippen LogP contribution in [-0.2, 0) is 11.0 Å². The molecule has 31 heavy (non-hydrogen) atoms. The summed E-state index contributed by atoms with van der Waals surface area (Å²) in [6.45, 7) is 4.49. The van der Waals surface area contributed by atoms with Gasteiger partial charge in [0.05, 0.1) is 11.5 Å². The number of nitrogens with zero attached hydrogens (tertiary/aromatic N) is 1. The molecule has 1 fully saturated rings. The minimum atomic E-state index is -4.40. The Kier molecular flexibility index (Phi) is 5.65. The van der Waals surface area contributed by atoms with Crippen molar-refractivity contribution in [1.29, 1.82) is 0 Å². The van der Waals surface area contributed by atoms with Crippen molar-refractivity contribution in [3.63, 3.8) is 0 Å². The van der Waals surface area contributed by atoms with Gasteiger partial charge in [-0.25, -0.2) is 0 Å². The fraction of sp³-hybridized carbons (Fsp3) is 0.160.